The highest BCUT2D eigenvalue weighted by molar-refractivity contribution is 7.89. The number of alkyl halides is 3. The highest BCUT2D eigenvalue weighted by atomic mass is 32.2. The molecule has 1 aromatic heterocycles. The maximum Gasteiger partial charge on any atom is 0.417 e. The number of nitrogens with zero attached hydrogens (tertiary/aromatic N) is 4. The van der Waals surface area contributed by atoms with Crippen LogP contribution in [0.2, 0.25) is 0 Å². The zero-order valence-electron chi connectivity index (χ0n) is 14.6. The van der Waals surface area contributed by atoms with Crippen LogP contribution < -0.4 is 15.4 Å². The van der Waals surface area contributed by atoms with E-state index in [2.05, 4.69) is 25.9 Å². The molecular weight excluding hydrogens is 399 g/mol. The summed E-state index contributed by atoms with van der Waals surface area (Å²) in [6, 6.07) is 1.99. The van der Waals surface area contributed by atoms with Crippen LogP contribution in [0.15, 0.2) is 17.0 Å². The standard InChI is InChI=1S/C15H18F3N7O2S/c16-15(17,18)9-1-2-10(25-5-3-14(4-6-25)7-20-8-14)11(12(9)28(19,26)27)13-21-23-24-22-13/h1-2,20H,3-8H2,(H2,19,26,27)(H,21,22,23,24). The molecule has 9 nitrogen and oxygen atoms in total. The minimum absolute atomic E-state index is 0.206. The van der Waals surface area contributed by atoms with E-state index in [0.29, 0.717) is 18.8 Å². The van der Waals surface area contributed by atoms with E-state index in [-0.39, 0.29) is 16.8 Å². The smallest absolute Gasteiger partial charge is 0.371 e. The number of tetrazole rings is 1. The zero-order chi connectivity index (χ0) is 20.2. The van der Waals surface area contributed by atoms with Gasteiger partial charge in [0.05, 0.1) is 11.1 Å². The minimum Gasteiger partial charge on any atom is -0.371 e. The molecule has 2 saturated heterocycles. The molecule has 0 radical (unpaired) electrons. The van der Waals surface area contributed by atoms with E-state index in [4.69, 9.17) is 5.14 Å². The Kier molecular flexibility index (Phi) is 4.35. The van der Waals surface area contributed by atoms with E-state index in [0.717, 1.165) is 32.0 Å². The minimum atomic E-state index is -4.91. The second kappa shape index (κ2) is 6.39. The van der Waals surface area contributed by atoms with Crippen molar-refractivity contribution in [1.29, 1.82) is 0 Å². The molecule has 2 aliphatic rings. The molecule has 0 amide bonds. The molecular formula is C15H18F3N7O2S. The van der Waals surface area contributed by atoms with Gasteiger partial charge in [-0.3, -0.25) is 0 Å². The van der Waals surface area contributed by atoms with Crippen molar-refractivity contribution < 1.29 is 21.6 Å². The molecule has 152 valence electrons. The summed E-state index contributed by atoms with van der Waals surface area (Å²) in [6.07, 6.45) is -3.23. The maximum atomic E-state index is 13.5. The number of H-pyrrole nitrogens is 1. The normalized spacial score (nSPS) is 19.6. The summed E-state index contributed by atoms with van der Waals surface area (Å²) in [4.78, 5) is 0.814. The molecule has 28 heavy (non-hydrogen) atoms. The first-order chi connectivity index (χ1) is 13.1. The number of anilines is 1. The first-order valence-corrected chi connectivity index (χ1v) is 10.1. The molecule has 0 bridgehead atoms. The predicted octanol–water partition coefficient (Wildman–Crippen LogP) is 0.723. The first-order valence-electron chi connectivity index (χ1n) is 8.57. The monoisotopic (exact) mass is 417 g/mol. The number of piperidine rings is 1. The number of hydrogen-bond donors (Lipinski definition) is 3. The van der Waals surface area contributed by atoms with Gasteiger partial charge < -0.3 is 10.2 Å². The third kappa shape index (κ3) is 3.22. The van der Waals surface area contributed by atoms with Crippen molar-refractivity contribution in [3.05, 3.63) is 17.7 Å². The summed E-state index contributed by atoms with van der Waals surface area (Å²) in [5, 5.41) is 21.4. The Labute approximate surface area is 158 Å². The van der Waals surface area contributed by atoms with Crippen molar-refractivity contribution in [2.75, 3.05) is 31.1 Å². The molecule has 1 aromatic carbocycles. The van der Waals surface area contributed by atoms with Crippen LogP contribution in [0.1, 0.15) is 18.4 Å². The van der Waals surface area contributed by atoms with Gasteiger partial charge in [0.25, 0.3) is 0 Å². The third-order valence-electron chi connectivity index (χ3n) is 5.46. The van der Waals surface area contributed by atoms with Gasteiger partial charge in [-0.05, 0) is 35.6 Å². The van der Waals surface area contributed by atoms with Crippen molar-refractivity contribution in [2.24, 2.45) is 10.6 Å². The van der Waals surface area contributed by atoms with Crippen LogP contribution in [0, 0.1) is 5.41 Å². The zero-order valence-corrected chi connectivity index (χ0v) is 15.4. The van der Waals surface area contributed by atoms with Gasteiger partial charge in [-0.15, -0.1) is 10.2 Å². The van der Waals surface area contributed by atoms with Gasteiger partial charge in [0.2, 0.25) is 15.8 Å². The number of nitrogens with two attached hydrogens (primary N) is 1. The van der Waals surface area contributed by atoms with E-state index < -0.39 is 26.7 Å². The number of hydrogen-bond acceptors (Lipinski definition) is 7. The molecule has 0 aliphatic carbocycles. The number of halogens is 3. The van der Waals surface area contributed by atoms with Gasteiger partial charge in [0.1, 0.15) is 4.90 Å². The maximum absolute atomic E-state index is 13.5. The van der Waals surface area contributed by atoms with Crippen LogP contribution in [-0.2, 0) is 16.2 Å². The van der Waals surface area contributed by atoms with E-state index in [9.17, 15) is 21.6 Å². The molecule has 13 heteroatoms. The summed E-state index contributed by atoms with van der Waals surface area (Å²) >= 11 is 0. The number of sulfonamides is 1. The molecule has 4 N–H and O–H groups in total. The number of nitrogens with one attached hydrogen (secondary N) is 2. The molecule has 2 aliphatic heterocycles. The van der Waals surface area contributed by atoms with Crippen molar-refractivity contribution in [3.8, 4) is 11.4 Å². The van der Waals surface area contributed by atoms with E-state index in [1.807, 2.05) is 4.90 Å². The van der Waals surface area contributed by atoms with Gasteiger partial charge in [0, 0.05) is 31.9 Å². The van der Waals surface area contributed by atoms with Crippen LogP contribution in [-0.4, -0.2) is 55.2 Å². The second-order valence-corrected chi connectivity index (χ2v) is 8.70. The van der Waals surface area contributed by atoms with E-state index in [1.165, 1.54) is 6.07 Å². The fraction of sp³-hybridized carbons (Fsp3) is 0.533. The van der Waals surface area contributed by atoms with Crippen molar-refractivity contribution in [1.82, 2.24) is 25.9 Å². The fourth-order valence-corrected chi connectivity index (χ4v) is 4.86. The SMILES string of the molecule is NS(=O)(=O)c1c(C(F)(F)F)ccc(N2CCC3(CC2)CNC3)c1-c1nn[nH]n1. The van der Waals surface area contributed by atoms with Crippen molar-refractivity contribution in [2.45, 2.75) is 23.9 Å². The summed E-state index contributed by atoms with van der Waals surface area (Å²) in [5.41, 5.74) is -1.14. The average Bonchev–Trinajstić information content (AvgIpc) is 3.12. The van der Waals surface area contributed by atoms with Gasteiger partial charge >= 0.3 is 6.18 Å². The number of aromatic amines is 1. The summed E-state index contributed by atoms with van der Waals surface area (Å²) in [5.74, 6) is -0.254. The number of primary sulfonamides is 1. The van der Waals surface area contributed by atoms with E-state index in [1.54, 1.807) is 0 Å². The van der Waals surface area contributed by atoms with Crippen LogP contribution in [0.4, 0.5) is 18.9 Å². The largest absolute Gasteiger partial charge is 0.417 e. The van der Waals surface area contributed by atoms with Crippen LogP contribution in [0.25, 0.3) is 11.4 Å². The highest BCUT2D eigenvalue weighted by Crippen LogP contribution is 2.44. The lowest BCUT2D eigenvalue weighted by Crippen LogP contribution is -2.58. The van der Waals surface area contributed by atoms with Gasteiger partial charge in [0.15, 0.2) is 0 Å². The topological polar surface area (TPSA) is 130 Å². The second-order valence-electron chi connectivity index (χ2n) is 7.21. The Bertz CT molecular complexity index is 978. The van der Waals surface area contributed by atoms with Crippen molar-refractivity contribution in [3.63, 3.8) is 0 Å². The Morgan fingerprint density at radius 2 is 1.86 bits per heavy atom. The number of benzene rings is 1. The molecule has 2 fully saturated rings. The Hall–Kier alpha value is -2.25. The lowest BCUT2D eigenvalue weighted by molar-refractivity contribution is -0.139. The van der Waals surface area contributed by atoms with Crippen LogP contribution in [0.5, 0.6) is 0 Å². The molecule has 4 rings (SSSR count). The highest BCUT2D eigenvalue weighted by Gasteiger charge is 2.43. The Morgan fingerprint density at radius 1 is 1.18 bits per heavy atom. The fourth-order valence-electron chi connectivity index (χ4n) is 3.89. The lowest BCUT2D eigenvalue weighted by atomic mass is 9.73. The van der Waals surface area contributed by atoms with Crippen LogP contribution >= 0.6 is 0 Å². The molecule has 1 spiro atoms. The van der Waals surface area contributed by atoms with Gasteiger partial charge in [-0.25, -0.2) is 13.6 Å². The summed E-state index contributed by atoms with van der Waals surface area (Å²) in [7, 11) is -4.73. The molecule has 2 aromatic rings. The predicted molar refractivity (Wildman–Crippen MR) is 92.7 cm³/mol. The summed E-state index contributed by atoms with van der Waals surface area (Å²) < 4.78 is 64.9. The van der Waals surface area contributed by atoms with Crippen LogP contribution in [0.3, 0.4) is 0 Å². The molecule has 0 atom stereocenters. The summed E-state index contributed by atoms with van der Waals surface area (Å²) in [6.45, 7) is 2.96. The molecule has 3 heterocycles. The Balaban J connectivity index is 1.87. The lowest BCUT2D eigenvalue weighted by Gasteiger charge is -2.49. The van der Waals surface area contributed by atoms with Gasteiger partial charge in [-0.1, -0.05) is 0 Å². The third-order valence-corrected chi connectivity index (χ3v) is 6.45. The first kappa shape index (κ1) is 19.1. The molecule has 0 unspecified atom stereocenters. The number of aromatic nitrogens is 4. The Morgan fingerprint density at radius 3 is 2.32 bits per heavy atom. The van der Waals surface area contributed by atoms with Crippen molar-refractivity contribution >= 4 is 15.7 Å². The molecule has 0 saturated carbocycles. The number of rotatable bonds is 3. The van der Waals surface area contributed by atoms with Gasteiger partial charge in [-0.2, -0.15) is 18.4 Å². The quantitative estimate of drug-likeness (QED) is 0.671. The average molecular weight is 417 g/mol. The van der Waals surface area contributed by atoms with E-state index >= 15 is 0 Å².